The number of carbonyl (C=O) groups is 1. The SMILES string of the molecule is COc1nccnc1N1CCC(N(C)C(=O)c2ccc(C)nc2)C1. The second kappa shape index (κ2) is 6.82. The van der Waals surface area contributed by atoms with Gasteiger partial charge in [-0.15, -0.1) is 0 Å². The van der Waals surface area contributed by atoms with Gasteiger partial charge in [0.15, 0.2) is 5.82 Å². The highest BCUT2D eigenvalue weighted by Gasteiger charge is 2.31. The normalized spacial score (nSPS) is 17.0. The first kappa shape index (κ1) is 16.2. The molecule has 7 heteroatoms. The Morgan fingerprint density at radius 2 is 2.08 bits per heavy atom. The first-order valence-corrected chi connectivity index (χ1v) is 7.90. The molecule has 1 aliphatic rings. The number of carbonyl (C=O) groups excluding carboxylic acids is 1. The lowest BCUT2D eigenvalue weighted by Crippen LogP contribution is -2.39. The number of methoxy groups -OCH3 is 1. The fourth-order valence-electron chi connectivity index (χ4n) is 2.89. The van der Waals surface area contributed by atoms with Crippen molar-refractivity contribution >= 4 is 11.7 Å². The molecule has 3 rings (SSSR count). The van der Waals surface area contributed by atoms with Crippen molar-refractivity contribution in [1.82, 2.24) is 19.9 Å². The van der Waals surface area contributed by atoms with Crippen LogP contribution in [0.5, 0.6) is 5.88 Å². The number of hydrogen-bond acceptors (Lipinski definition) is 6. The summed E-state index contributed by atoms with van der Waals surface area (Å²) >= 11 is 0. The van der Waals surface area contributed by atoms with Crippen molar-refractivity contribution in [2.75, 3.05) is 32.1 Å². The van der Waals surface area contributed by atoms with Crippen LogP contribution in [0, 0.1) is 6.92 Å². The van der Waals surface area contributed by atoms with Crippen LogP contribution >= 0.6 is 0 Å². The predicted octanol–water partition coefficient (Wildman–Crippen LogP) is 1.54. The van der Waals surface area contributed by atoms with Gasteiger partial charge in [-0.25, -0.2) is 9.97 Å². The van der Waals surface area contributed by atoms with E-state index in [9.17, 15) is 4.79 Å². The maximum Gasteiger partial charge on any atom is 0.257 e. The fourth-order valence-corrected chi connectivity index (χ4v) is 2.89. The fraction of sp³-hybridized carbons (Fsp3) is 0.412. The van der Waals surface area contributed by atoms with Gasteiger partial charge in [-0.05, 0) is 25.5 Å². The smallest absolute Gasteiger partial charge is 0.257 e. The molecule has 0 radical (unpaired) electrons. The van der Waals surface area contributed by atoms with Gasteiger partial charge in [-0.1, -0.05) is 0 Å². The van der Waals surface area contributed by atoms with Crippen molar-refractivity contribution in [2.45, 2.75) is 19.4 Å². The number of rotatable bonds is 4. The van der Waals surface area contributed by atoms with Gasteiger partial charge in [0.05, 0.1) is 18.7 Å². The zero-order valence-corrected chi connectivity index (χ0v) is 14.1. The Bertz CT molecular complexity index is 719. The highest BCUT2D eigenvalue weighted by atomic mass is 16.5. The molecule has 24 heavy (non-hydrogen) atoms. The number of aryl methyl sites for hydroxylation is 1. The van der Waals surface area contributed by atoms with Crippen LogP contribution in [0.15, 0.2) is 30.7 Å². The van der Waals surface area contributed by atoms with E-state index in [4.69, 9.17) is 4.74 Å². The third-order valence-electron chi connectivity index (χ3n) is 4.33. The lowest BCUT2D eigenvalue weighted by molar-refractivity contribution is 0.0744. The number of hydrogen-bond donors (Lipinski definition) is 0. The summed E-state index contributed by atoms with van der Waals surface area (Å²) in [4.78, 5) is 29.3. The topological polar surface area (TPSA) is 71.5 Å². The summed E-state index contributed by atoms with van der Waals surface area (Å²) < 4.78 is 5.28. The van der Waals surface area contributed by atoms with Gasteiger partial charge in [0.1, 0.15) is 0 Å². The number of ether oxygens (including phenoxy) is 1. The number of pyridine rings is 1. The van der Waals surface area contributed by atoms with Crippen molar-refractivity contribution in [1.29, 1.82) is 0 Å². The molecule has 0 N–H and O–H groups in total. The molecule has 0 spiro atoms. The molecule has 0 aromatic carbocycles. The van der Waals surface area contributed by atoms with Crippen molar-refractivity contribution in [2.24, 2.45) is 0 Å². The van der Waals surface area contributed by atoms with Crippen LogP contribution in [0.4, 0.5) is 5.82 Å². The molecule has 1 unspecified atom stereocenters. The molecule has 3 heterocycles. The first-order valence-electron chi connectivity index (χ1n) is 7.90. The zero-order chi connectivity index (χ0) is 17.1. The summed E-state index contributed by atoms with van der Waals surface area (Å²) in [5.41, 5.74) is 1.51. The van der Waals surface area contributed by atoms with Crippen LogP contribution in [0.25, 0.3) is 0 Å². The van der Waals surface area contributed by atoms with E-state index < -0.39 is 0 Å². The quantitative estimate of drug-likeness (QED) is 0.848. The number of amides is 1. The Kier molecular flexibility index (Phi) is 4.59. The molecule has 1 saturated heterocycles. The minimum Gasteiger partial charge on any atom is -0.478 e. The monoisotopic (exact) mass is 327 g/mol. The lowest BCUT2D eigenvalue weighted by atomic mass is 10.2. The zero-order valence-electron chi connectivity index (χ0n) is 14.1. The van der Waals surface area contributed by atoms with E-state index in [1.165, 1.54) is 0 Å². The third kappa shape index (κ3) is 3.15. The average Bonchev–Trinajstić information content (AvgIpc) is 3.11. The molecule has 126 valence electrons. The minimum absolute atomic E-state index is 0.0135. The standard InChI is InChI=1S/C17H21N5O2/c1-12-4-5-13(10-20-12)17(23)21(2)14-6-9-22(11-14)15-16(24-3)19-8-7-18-15/h4-5,7-8,10,14H,6,9,11H2,1-3H3. The Hall–Kier alpha value is -2.70. The highest BCUT2D eigenvalue weighted by Crippen LogP contribution is 2.27. The van der Waals surface area contributed by atoms with E-state index in [1.54, 1.807) is 30.6 Å². The maximum atomic E-state index is 12.6. The van der Waals surface area contributed by atoms with Gasteiger partial charge in [0.25, 0.3) is 11.8 Å². The van der Waals surface area contributed by atoms with Crippen LogP contribution in [0.1, 0.15) is 22.5 Å². The summed E-state index contributed by atoms with van der Waals surface area (Å²) in [6.07, 6.45) is 5.77. The molecular weight excluding hydrogens is 306 g/mol. The van der Waals surface area contributed by atoms with E-state index in [-0.39, 0.29) is 11.9 Å². The van der Waals surface area contributed by atoms with Crippen LogP contribution in [-0.4, -0.2) is 59.0 Å². The van der Waals surface area contributed by atoms with Crippen LogP contribution in [-0.2, 0) is 0 Å². The average molecular weight is 327 g/mol. The second-order valence-electron chi connectivity index (χ2n) is 5.88. The van der Waals surface area contributed by atoms with E-state index >= 15 is 0 Å². The van der Waals surface area contributed by atoms with E-state index in [0.29, 0.717) is 18.0 Å². The van der Waals surface area contributed by atoms with Crippen LogP contribution < -0.4 is 9.64 Å². The summed E-state index contributed by atoms with van der Waals surface area (Å²) in [6, 6.07) is 3.79. The van der Waals surface area contributed by atoms with Crippen molar-refractivity contribution in [3.05, 3.63) is 42.0 Å². The summed E-state index contributed by atoms with van der Waals surface area (Å²) in [5.74, 6) is 1.22. The van der Waals surface area contributed by atoms with Gasteiger partial charge in [-0.2, -0.15) is 0 Å². The Labute approximate surface area is 141 Å². The van der Waals surface area contributed by atoms with Crippen molar-refractivity contribution < 1.29 is 9.53 Å². The van der Waals surface area contributed by atoms with Crippen molar-refractivity contribution in [3.8, 4) is 5.88 Å². The van der Waals surface area contributed by atoms with Gasteiger partial charge in [0, 0.05) is 44.4 Å². The van der Waals surface area contributed by atoms with Gasteiger partial charge >= 0.3 is 0 Å². The molecule has 0 aliphatic carbocycles. The molecule has 1 fully saturated rings. The minimum atomic E-state index is -0.0135. The molecular formula is C17H21N5O2. The summed E-state index contributed by atoms with van der Waals surface area (Å²) in [7, 11) is 3.42. The Balaban J connectivity index is 1.70. The largest absolute Gasteiger partial charge is 0.478 e. The lowest BCUT2D eigenvalue weighted by Gasteiger charge is -2.25. The Morgan fingerprint density at radius 1 is 1.29 bits per heavy atom. The third-order valence-corrected chi connectivity index (χ3v) is 4.33. The second-order valence-corrected chi connectivity index (χ2v) is 5.88. The van der Waals surface area contributed by atoms with Gasteiger partial charge < -0.3 is 14.5 Å². The van der Waals surface area contributed by atoms with Crippen molar-refractivity contribution in [3.63, 3.8) is 0 Å². The van der Waals surface area contributed by atoms with E-state index in [0.717, 1.165) is 24.5 Å². The highest BCUT2D eigenvalue weighted by molar-refractivity contribution is 5.94. The molecule has 1 atom stereocenters. The molecule has 1 aliphatic heterocycles. The van der Waals surface area contributed by atoms with Gasteiger partial charge in [0.2, 0.25) is 0 Å². The molecule has 1 amide bonds. The first-order chi connectivity index (χ1) is 11.6. The Morgan fingerprint density at radius 3 is 2.79 bits per heavy atom. The maximum absolute atomic E-state index is 12.6. The molecule has 0 bridgehead atoms. The van der Waals surface area contributed by atoms with Crippen LogP contribution in [0.3, 0.4) is 0 Å². The molecule has 2 aromatic rings. The number of aromatic nitrogens is 3. The van der Waals surface area contributed by atoms with Crippen LogP contribution in [0.2, 0.25) is 0 Å². The van der Waals surface area contributed by atoms with Gasteiger partial charge in [-0.3, -0.25) is 9.78 Å². The number of likely N-dealkylation sites (N-methyl/N-ethyl adjacent to an activating group) is 1. The predicted molar refractivity (Wildman–Crippen MR) is 90.3 cm³/mol. The number of anilines is 1. The molecule has 0 saturated carbocycles. The van der Waals surface area contributed by atoms with E-state index in [2.05, 4.69) is 19.9 Å². The van der Waals surface area contributed by atoms with E-state index in [1.807, 2.05) is 26.1 Å². The summed E-state index contributed by atoms with van der Waals surface area (Å²) in [6.45, 7) is 3.42. The summed E-state index contributed by atoms with van der Waals surface area (Å²) in [5, 5.41) is 0. The molecule has 7 nitrogen and oxygen atoms in total. The number of nitrogens with zero attached hydrogens (tertiary/aromatic N) is 5. The molecule has 2 aromatic heterocycles.